The Bertz CT molecular complexity index is 455. The molecule has 0 spiro atoms. The van der Waals surface area contributed by atoms with Crippen LogP contribution in [0.15, 0.2) is 28.7 Å². The molecule has 0 aliphatic heterocycles. The van der Waals surface area contributed by atoms with Gasteiger partial charge in [-0.05, 0) is 37.5 Å². The summed E-state index contributed by atoms with van der Waals surface area (Å²) in [6, 6.07) is 11.2. The van der Waals surface area contributed by atoms with Gasteiger partial charge in [0, 0.05) is 16.9 Å². The third-order valence-electron chi connectivity index (χ3n) is 4.10. The van der Waals surface area contributed by atoms with Gasteiger partial charge in [0.15, 0.2) is 0 Å². The van der Waals surface area contributed by atoms with Gasteiger partial charge in [-0.3, -0.25) is 5.32 Å². The van der Waals surface area contributed by atoms with E-state index in [9.17, 15) is 5.26 Å². The Morgan fingerprint density at radius 2 is 1.80 bits per heavy atom. The second kappa shape index (κ2) is 7.24. The molecule has 1 fully saturated rings. The lowest BCUT2D eigenvalue weighted by Crippen LogP contribution is -2.48. The molecule has 108 valence electrons. The number of benzene rings is 1. The smallest absolute Gasteiger partial charge is 0.108 e. The van der Waals surface area contributed by atoms with E-state index in [1.807, 2.05) is 19.1 Å². The highest BCUT2D eigenvalue weighted by molar-refractivity contribution is 9.10. The second-order valence-electron chi connectivity index (χ2n) is 6.08. The van der Waals surface area contributed by atoms with Crippen LogP contribution in [-0.4, -0.2) is 11.6 Å². The molecule has 0 saturated heterocycles. The van der Waals surface area contributed by atoms with Crippen LogP contribution in [-0.2, 0) is 6.42 Å². The molecular weight excluding hydrogens is 312 g/mol. The first-order valence-electron chi connectivity index (χ1n) is 7.55. The predicted octanol–water partition coefficient (Wildman–Crippen LogP) is 4.59. The molecule has 2 rings (SSSR count). The fourth-order valence-electron chi connectivity index (χ4n) is 3.01. The van der Waals surface area contributed by atoms with Crippen molar-refractivity contribution in [1.82, 2.24) is 5.32 Å². The Labute approximate surface area is 130 Å². The van der Waals surface area contributed by atoms with Crippen molar-refractivity contribution >= 4 is 15.9 Å². The zero-order chi connectivity index (χ0) is 14.4. The van der Waals surface area contributed by atoms with Crippen LogP contribution in [0.5, 0.6) is 0 Å². The number of halogens is 1. The number of rotatable bonds is 4. The molecule has 1 aromatic rings. The normalized spacial score (nSPS) is 19.9. The molecular formula is C17H23BrN2. The minimum atomic E-state index is -0.469. The third kappa shape index (κ3) is 4.61. The molecule has 20 heavy (non-hydrogen) atoms. The highest BCUT2D eigenvalue weighted by atomic mass is 79.9. The van der Waals surface area contributed by atoms with Gasteiger partial charge in [0.1, 0.15) is 5.54 Å². The Balaban J connectivity index is 2.00. The maximum absolute atomic E-state index is 9.58. The number of hydrogen-bond donors (Lipinski definition) is 1. The summed E-state index contributed by atoms with van der Waals surface area (Å²) >= 11 is 3.45. The summed E-state index contributed by atoms with van der Waals surface area (Å²) < 4.78 is 1.08. The van der Waals surface area contributed by atoms with Crippen molar-refractivity contribution in [1.29, 1.82) is 5.26 Å². The van der Waals surface area contributed by atoms with Gasteiger partial charge in [-0.15, -0.1) is 0 Å². The molecule has 1 aliphatic carbocycles. The molecule has 1 unspecified atom stereocenters. The summed E-state index contributed by atoms with van der Waals surface area (Å²) in [5, 5.41) is 13.2. The molecule has 0 heterocycles. The van der Waals surface area contributed by atoms with Crippen molar-refractivity contribution in [2.45, 2.75) is 63.5 Å². The van der Waals surface area contributed by atoms with Gasteiger partial charge in [0.05, 0.1) is 6.07 Å². The first kappa shape index (κ1) is 15.5. The lowest BCUT2D eigenvalue weighted by atomic mass is 9.92. The molecule has 1 N–H and O–H groups in total. The number of nitrogens with one attached hydrogen (secondary N) is 1. The van der Waals surface area contributed by atoms with Crippen LogP contribution in [0.2, 0.25) is 0 Å². The highest BCUT2D eigenvalue weighted by Crippen LogP contribution is 2.22. The van der Waals surface area contributed by atoms with E-state index in [1.165, 1.54) is 44.1 Å². The first-order valence-corrected chi connectivity index (χ1v) is 8.34. The summed E-state index contributed by atoms with van der Waals surface area (Å²) in [4.78, 5) is 0. The molecule has 2 nitrogen and oxygen atoms in total. The summed E-state index contributed by atoms with van der Waals surface area (Å²) in [5.41, 5.74) is 0.737. The molecule has 0 amide bonds. The minimum Gasteiger partial charge on any atom is -0.297 e. The van der Waals surface area contributed by atoms with E-state index >= 15 is 0 Å². The van der Waals surface area contributed by atoms with Crippen molar-refractivity contribution in [2.24, 2.45) is 0 Å². The average molecular weight is 335 g/mol. The lowest BCUT2D eigenvalue weighted by Gasteiger charge is -2.29. The Morgan fingerprint density at radius 1 is 1.20 bits per heavy atom. The van der Waals surface area contributed by atoms with Gasteiger partial charge in [-0.2, -0.15) is 5.26 Å². The van der Waals surface area contributed by atoms with Crippen molar-refractivity contribution in [3.05, 3.63) is 34.3 Å². The Hall–Kier alpha value is -0.850. The summed E-state index contributed by atoms with van der Waals surface area (Å²) in [7, 11) is 0. The lowest BCUT2D eigenvalue weighted by molar-refractivity contribution is 0.348. The van der Waals surface area contributed by atoms with E-state index in [-0.39, 0.29) is 0 Å². The van der Waals surface area contributed by atoms with Crippen LogP contribution in [0, 0.1) is 11.3 Å². The van der Waals surface area contributed by atoms with Crippen molar-refractivity contribution < 1.29 is 0 Å². The molecule has 1 atom stereocenters. The van der Waals surface area contributed by atoms with Crippen molar-refractivity contribution in [3.63, 3.8) is 0 Å². The maximum atomic E-state index is 9.58. The first-order chi connectivity index (χ1) is 9.61. The molecule has 1 aliphatic rings. The van der Waals surface area contributed by atoms with E-state index in [2.05, 4.69) is 39.4 Å². The summed E-state index contributed by atoms with van der Waals surface area (Å²) in [6.07, 6.45) is 8.43. The van der Waals surface area contributed by atoms with E-state index < -0.39 is 5.54 Å². The molecule has 0 bridgehead atoms. The predicted molar refractivity (Wildman–Crippen MR) is 86.5 cm³/mol. The topological polar surface area (TPSA) is 35.8 Å². The zero-order valence-electron chi connectivity index (χ0n) is 12.2. The molecule has 3 heteroatoms. The summed E-state index contributed by atoms with van der Waals surface area (Å²) in [5.74, 6) is 0. The molecule has 0 aromatic heterocycles. The fraction of sp³-hybridized carbons (Fsp3) is 0.588. The quantitative estimate of drug-likeness (QED) is 0.817. The van der Waals surface area contributed by atoms with Crippen LogP contribution in [0.3, 0.4) is 0 Å². The van der Waals surface area contributed by atoms with E-state index in [1.54, 1.807) is 0 Å². The van der Waals surface area contributed by atoms with E-state index in [0.717, 1.165) is 10.9 Å². The van der Waals surface area contributed by atoms with Gasteiger partial charge in [0.25, 0.3) is 0 Å². The van der Waals surface area contributed by atoms with Crippen molar-refractivity contribution in [3.8, 4) is 6.07 Å². The van der Waals surface area contributed by atoms with Crippen LogP contribution in [0.25, 0.3) is 0 Å². The zero-order valence-corrected chi connectivity index (χ0v) is 13.7. The largest absolute Gasteiger partial charge is 0.297 e. The number of hydrogen-bond acceptors (Lipinski definition) is 2. The van der Waals surface area contributed by atoms with Gasteiger partial charge in [-0.25, -0.2) is 0 Å². The fourth-order valence-corrected chi connectivity index (χ4v) is 3.27. The summed E-state index contributed by atoms with van der Waals surface area (Å²) in [6.45, 7) is 2.03. The van der Waals surface area contributed by atoms with E-state index in [4.69, 9.17) is 0 Å². The minimum absolute atomic E-state index is 0.469. The monoisotopic (exact) mass is 334 g/mol. The van der Waals surface area contributed by atoms with Crippen LogP contribution >= 0.6 is 15.9 Å². The standard InChI is InChI=1S/C17H23BrN2/c1-17(13-19,12-14-8-10-15(18)11-9-14)20-16-6-4-2-3-5-7-16/h8-11,16,20H,2-7,12H2,1H3. The van der Waals surface area contributed by atoms with Gasteiger partial charge in [-0.1, -0.05) is 53.7 Å². The maximum Gasteiger partial charge on any atom is 0.108 e. The highest BCUT2D eigenvalue weighted by Gasteiger charge is 2.27. The second-order valence-corrected chi connectivity index (χ2v) is 7.00. The van der Waals surface area contributed by atoms with Gasteiger partial charge in [0.2, 0.25) is 0 Å². The van der Waals surface area contributed by atoms with Crippen LogP contribution in [0.1, 0.15) is 51.0 Å². The molecule has 0 radical (unpaired) electrons. The van der Waals surface area contributed by atoms with Gasteiger partial charge >= 0.3 is 0 Å². The number of nitrogens with zero attached hydrogens (tertiary/aromatic N) is 1. The average Bonchev–Trinajstić information content (AvgIpc) is 2.70. The van der Waals surface area contributed by atoms with Gasteiger partial charge < -0.3 is 0 Å². The molecule has 1 aromatic carbocycles. The molecule has 1 saturated carbocycles. The SMILES string of the molecule is CC(C#N)(Cc1ccc(Br)cc1)NC1CCCCCC1. The van der Waals surface area contributed by atoms with Crippen molar-refractivity contribution in [2.75, 3.05) is 0 Å². The van der Waals surface area contributed by atoms with Crippen LogP contribution < -0.4 is 5.32 Å². The van der Waals surface area contributed by atoms with E-state index in [0.29, 0.717) is 6.04 Å². The third-order valence-corrected chi connectivity index (χ3v) is 4.62. The Kier molecular flexibility index (Phi) is 5.63. The Morgan fingerprint density at radius 3 is 2.35 bits per heavy atom. The van der Waals surface area contributed by atoms with Crippen LogP contribution in [0.4, 0.5) is 0 Å². The number of nitriles is 1.